The molecule has 0 aliphatic carbocycles. The molecule has 0 atom stereocenters. The third kappa shape index (κ3) is 1.81. The average molecular weight is 99.1 g/mol. The van der Waals surface area contributed by atoms with E-state index in [9.17, 15) is 0 Å². The smallest absolute Gasteiger partial charge is 0.0792 e. The first-order valence-corrected chi connectivity index (χ1v) is 1.87. The molecule has 0 rings (SSSR count). The molecule has 0 unspecified atom stereocenters. The number of hydrogen-bond donors (Lipinski definition) is 2. The summed E-state index contributed by atoms with van der Waals surface area (Å²) in [6.07, 6.45) is 0. The summed E-state index contributed by atoms with van der Waals surface area (Å²) in [5.74, 6) is 4.82. The van der Waals surface area contributed by atoms with Gasteiger partial charge in [-0.3, -0.25) is 0 Å². The molecule has 0 aromatic rings. The Morgan fingerprint density at radius 3 is 2.14 bits per heavy atom. The number of nitrogens with zero attached hydrogens (tertiary/aromatic N) is 1. The van der Waals surface area contributed by atoms with E-state index in [1.54, 1.807) is 6.92 Å². The molecule has 0 spiro atoms. The first-order valence-electron chi connectivity index (χ1n) is 1.87. The second-order valence-corrected chi connectivity index (χ2v) is 1.24. The molecule has 0 aromatic heterocycles. The maximum atomic E-state index is 5.14. The molecule has 3 nitrogen and oxygen atoms in total. The van der Waals surface area contributed by atoms with Crippen LogP contribution < -0.4 is 11.6 Å². The molecular weight excluding hydrogens is 90.1 g/mol. The van der Waals surface area contributed by atoms with Crippen molar-refractivity contribution in [3.8, 4) is 0 Å². The topological polar surface area (TPSA) is 64.4 Å². The van der Waals surface area contributed by atoms with Gasteiger partial charge in [0.15, 0.2) is 0 Å². The minimum Gasteiger partial charge on any atom is -0.398 e. The molecule has 0 fully saturated rings. The Hall–Kier alpha value is -0.990. The van der Waals surface area contributed by atoms with Crippen LogP contribution in [0, 0.1) is 0 Å². The molecule has 0 saturated heterocycles. The maximum absolute atomic E-state index is 5.14. The van der Waals surface area contributed by atoms with E-state index < -0.39 is 0 Å². The van der Waals surface area contributed by atoms with E-state index in [1.807, 2.05) is 0 Å². The van der Waals surface area contributed by atoms with E-state index in [1.165, 1.54) is 0 Å². The van der Waals surface area contributed by atoms with Crippen molar-refractivity contribution in [3.63, 3.8) is 0 Å². The largest absolute Gasteiger partial charge is 0.398 e. The van der Waals surface area contributed by atoms with Crippen LogP contribution in [0.2, 0.25) is 0 Å². The highest BCUT2D eigenvalue weighted by Gasteiger charge is 1.85. The first kappa shape index (κ1) is 6.01. The standard InChI is InChI=1S/C4H9N3/c1-3(5)4(2)7-6/h1,5-6H2,2H3/b7-4-. The van der Waals surface area contributed by atoms with Crippen LogP contribution in [0.3, 0.4) is 0 Å². The number of rotatable bonds is 1. The van der Waals surface area contributed by atoms with Gasteiger partial charge in [-0.25, -0.2) is 0 Å². The average Bonchev–Trinajstić information content (AvgIpc) is 1.65. The predicted molar refractivity (Wildman–Crippen MR) is 30.6 cm³/mol. The fraction of sp³-hybridized carbons (Fsp3) is 0.250. The molecule has 0 saturated carbocycles. The molecular formula is C4H9N3. The van der Waals surface area contributed by atoms with Gasteiger partial charge in [0.1, 0.15) is 0 Å². The Morgan fingerprint density at radius 2 is 2.14 bits per heavy atom. The van der Waals surface area contributed by atoms with Crippen molar-refractivity contribution in [1.29, 1.82) is 0 Å². The zero-order valence-electron chi connectivity index (χ0n) is 4.31. The lowest BCUT2D eigenvalue weighted by Crippen LogP contribution is -2.07. The van der Waals surface area contributed by atoms with Gasteiger partial charge in [0.2, 0.25) is 0 Å². The molecule has 0 heterocycles. The van der Waals surface area contributed by atoms with E-state index in [-0.39, 0.29) is 0 Å². The minimum absolute atomic E-state index is 0.419. The molecule has 0 radical (unpaired) electrons. The molecule has 0 aromatic carbocycles. The Kier molecular flexibility index (Phi) is 1.91. The summed E-state index contributed by atoms with van der Waals surface area (Å²) in [4.78, 5) is 0. The van der Waals surface area contributed by atoms with E-state index in [0.717, 1.165) is 0 Å². The molecule has 7 heavy (non-hydrogen) atoms. The van der Waals surface area contributed by atoms with Gasteiger partial charge in [0.25, 0.3) is 0 Å². The summed E-state index contributed by atoms with van der Waals surface area (Å²) in [6, 6.07) is 0. The molecule has 3 heteroatoms. The van der Waals surface area contributed by atoms with Crippen molar-refractivity contribution in [2.75, 3.05) is 0 Å². The Bertz CT molecular complexity index is 104. The van der Waals surface area contributed by atoms with E-state index in [0.29, 0.717) is 11.4 Å². The van der Waals surface area contributed by atoms with Crippen molar-refractivity contribution >= 4 is 5.71 Å². The molecule has 40 valence electrons. The normalized spacial score (nSPS) is 11.3. The predicted octanol–water partition coefficient (Wildman–Crippen LogP) is -0.207. The third-order valence-electron chi connectivity index (χ3n) is 0.658. The third-order valence-corrected chi connectivity index (χ3v) is 0.658. The Balaban J connectivity index is 3.82. The van der Waals surface area contributed by atoms with Gasteiger partial charge in [-0.1, -0.05) is 6.58 Å². The number of allylic oxidation sites excluding steroid dienone is 1. The van der Waals surface area contributed by atoms with Crippen LogP contribution in [-0.2, 0) is 0 Å². The fourth-order valence-corrected chi connectivity index (χ4v) is 0.0829. The van der Waals surface area contributed by atoms with Gasteiger partial charge < -0.3 is 11.6 Å². The van der Waals surface area contributed by atoms with Gasteiger partial charge in [-0.2, -0.15) is 5.10 Å². The molecule has 0 amide bonds. The number of nitrogens with two attached hydrogens (primary N) is 2. The van der Waals surface area contributed by atoms with Crippen molar-refractivity contribution in [3.05, 3.63) is 12.3 Å². The second-order valence-electron chi connectivity index (χ2n) is 1.24. The number of hydrogen-bond acceptors (Lipinski definition) is 3. The summed E-state index contributed by atoms with van der Waals surface area (Å²) in [7, 11) is 0. The van der Waals surface area contributed by atoms with Crippen molar-refractivity contribution in [2.45, 2.75) is 6.92 Å². The van der Waals surface area contributed by atoms with Crippen LogP contribution in [0.5, 0.6) is 0 Å². The summed E-state index contributed by atoms with van der Waals surface area (Å²) < 4.78 is 0. The summed E-state index contributed by atoms with van der Waals surface area (Å²) in [5.41, 5.74) is 6.14. The van der Waals surface area contributed by atoms with E-state index in [4.69, 9.17) is 11.6 Å². The summed E-state index contributed by atoms with van der Waals surface area (Å²) in [5, 5.41) is 3.28. The molecule has 0 bridgehead atoms. The zero-order valence-corrected chi connectivity index (χ0v) is 4.31. The monoisotopic (exact) mass is 99.1 g/mol. The SMILES string of the molecule is C=C(N)/C(C)=N\N. The van der Waals surface area contributed by atoms with Crippen LogP contribution >= 0.6 is 0 Å². The quantitative estimate of drug-likeness (QED) is 0.271. The van der Waals surface area contributed by atoms with Gasteiger partial charge in [-0.05, 0) is 6.92 Å². The maximum Gasteiger partial charge on any atom is 0.0792 e. The highest BCUT2D eigenvalue weighted by molar-refractivity contribution is 5.96. The van der Waals surface area contributed by atoms with Gasteiger partial charge >= 0.3 is 0 Å². The van der Waals surface area contributed by atoms with Crippen LogP contribution in [0.25, 0.3) is 0 Å². The van der Waals surface area contributed by atoms with E-state index in [2.05, 4.69) is 11.7 Å². The van der Waals surface area contributed by atoms with Crippen molar-refractivity contribution in [1.82, 2.24) is 0 Å². The Morgan fingerprint density at radius 1 is 1.71 bits per heavy atom. The number of hydrazone groups is 1. The summed E-state index contributed by atoms with van der Waals surface area (Å²) >= 11 is 0. The van der Waals surface area contributed by atoms with Crippen LogP contribution in [0.4, 0.5) is 0 Å². The lowest BCUT2D eigenvalue weighted by Gasteiger charge is -1.90. The lowest BCUT2D eigenvalue weighted by molar-refractivity contribution is 1.23. The van der Waals surface area contributed by atoms with E-state index >= 15 is 0 Å². The van der Waals surface area contributed by atoms with Crippen molar-refractivity contribution in [2.24, 2.45) is 16.7 Å². The van der Waals surface area contributed by atoms with Crippen molar-refractivity contribution < 1.29 is 0 Å². The van der Waals surface area contributed by atoms with Crippen LogP contribution in [0.1, 0.15) is 6.92 Å². The minimum atomic E-state index is 0.419. The zero-order chi connectivity index (χ0) is 5.86. The highest BCUT2D eigenvalue weighted by atomic mass is 15.1. The van der Waals surface area contributed by atoms with Crippen LogP contribution in [0.15, 0.2) is 17.4 Å². The fourth-order valence-electron chi connectivity index (χ4n) is 0.0829. The van der Waals surface area contributed by atoms with Gasteiger partial charge in [0.05, 0.1) is 5.71 Å². The highest BCUT2D eigenvalue weighted by Crippen LogP contribution is 1.78. The van der Waals surface area contributed by atoms with Gasteiger partial charge in [0, 0.05) is 5.70 Å². The Labute approximate surface area is 42.7 Å². The lowest BCUT2D eigenvalue weighted by atomic mass is 10.3. The second kappa shape index (κ2) is 2.23. The molecule has 0 aliphatic heterocycles. The summed E-state index contributed by atoms with van der Waals surface area (Å²) in [6.45, 7) is 5.09. The van der Waals surface area contributed by atoms with Gasteiger partial charge in [-0.15, -0.1) is 0 Å². The van der Waals surface area contributed by atoms with Crippen LogP contribution in [-0.4, -0.2) is 5.71 Å². The molecule has 0 aliphatic rings. The first-order chi connectivity index (χ1) is 3.18. The molecule has 4 N–H and O–H groups in total.